The molecule has 4 aromatic rings. The maximum absolute atomic E-state index is 13.7. The number of nitrogens with zero attached hydrogens (tertiary/aromatic N) is 4. The van der Waals surface area contributed by atoms with Crippen molar-refractivity contribution >= 4 is 23.4 Å². The highest BCUT2D eigenvalue weighted by atomic mass is 32.1. The van der Waals surface area contributed by atoms with Crippen LogP contribution in [0.1, 0.15) is 16.7 Å². The molecule has 0 radical (unpaired) electrons. The van der Waals surface area contributed by atoms with Crippen LogP contribution in [0.3, 0.4) is 0 Å². The highest BCUT2D eigenvalue weighted by Crippen LogP contribution is 2.53. The van der Waals surface area contributed by atoms with Gasteiger partial charge in [-0.1, -0.05) is 84.1 Å². The molecule has 2 atom stereocenters. The molecule has 0 bridgehead atoms. The highest BCUT2D eigenvalue weighted by Gasteiger charge is 2.69. The van der Waals surface area contributed by atoms with Gasteiger partial charge in [-0.2, -0.15) is 4.68 Å². The normalized spacial score (nSPS) is 22.8. The van der Waals surface area contributed by atoms with E-state index in [0.717, 1.165) is 22.4 Å². The zero-order valence-corrected chi connectivity index (χ0v) is 21.4. The van der Waals surface area contributed by atoms with Crippen molar-refractivity contribution in [2.75, 3.05) is 26.6 Å². The third-order valence-corrected chi connectivity index (χ3v) is 8.15. The molecule has 1 aromatic heterocycles. The first-order chi connectivity index (χ1) is 17.9. The minimum absolute atomic E-state index is 0.211. The molecule has 0 spiro atoms. The Bertz CT molecular complexity index is 1670. The predicted octanol–water partition coefficient (Wildman–Crippen LogP) is 2.63. The van der Waals surface area contributed by atoms with Gasteiger partial charge >= 0.3 is 6.03 Å². The van der Waals surface area contributed by atoms with Crippen molar-refractivity contribution in [1.29, 1.82) is 0 Å². The van der Waals surface area contributed by atoms with Crippen molar-refractivity contribution < 1.29 is 9.53 Å². The van der Waals surface area contributed by atoms with E-state index in [-0.39, 0.29) is 11.6 Å². The molecule has 2 aliphatic rings. The second kappa shape index (κ2) is 8.35. The Hall–Kier alpha value is -4.37. The number of thiazole rings is 1. The molecule has 0 aliphatic carbocycles. The minimum Gasteiger partial charge on any atom is -0.497 e. The lowest BCUT2D eigenvalue weighted by Gasteiger charge is -2.49. The van der Waals surface area contributed by atoms with Crippen LogP contribution in [0.5, 0.6) is 5.75 Å². The fraction of sp³-hybridized carbons (Fsp3) is 0.179. The average Bonchev–Trinajstić information content (AvgIpc) is 3.33. The number of likely N-dealkylation sites (N-methyl/N-ethyl adjacent to an activating group) is 2. The summed E-state index contributed by atoms with van der Waals surface area (Å²) in [5, 5.41) is 0. The molecule has 6 rings (SSSR count). The molecule has 0 saturated carbocycles. The number of amides is 2. The quantitative estimate of drug-likeness (QED) is 0.457. The Kier molecular flexibility index (Phi) is 5.20. The van der Waals surface area contributed by atoms with Gasteiger partial charge in [-0.05, 0) is 23.8 Å². The van der Waals surface area contributed by atoms with Gasteiger partial charge < -0.3 is 4.74 Å². The summed E-state index contributed by atoms with van der Waals surface area (Å²) >= 11 is 1.29. The van der Waals surface area contributed by atoms with Gasteiger partial charge in [-0.15, -0.1) is 0 Å². The van der Waals surface area contributed by atoms with Gasteiger partial charge in [0.05, 0.1) is 11.6 Å². The average molecular weight is 512 g/mol. The Labute approximate surface area is 217 Å². The van der Waals surface area contributed by atoms with Crippen molar-refractivity contribution in [3.8, 4) is 5.75 Å². The smallest absolute Gasteiger partial charge is 0.324 e. The van der Waals surface area contributed by atoms with Crippen LogP contribution < -0.4 is 25.1 Å². The lowest BCUT2D eigenvalue weighted by molar-refractivity contribution is 0.0648. The van der Waals surface area contributed by atoms with Crippen molar-refractivity contribution in [1.82, 2.24) is 14.5 Å². The number of ether oxygens (including phenoxy) is 1. The summed E-state index contributed by atoms with van der Waals surface area (Å²) in [5.41, 5.74) is 3.41. The number of fused-ring (bicyclic) bond motifs is 2. The van der Waals surface area contributed by atoms with E-state index in [4.69, 9.17) is 9.73 Å². The second-order valence-corrected chi connectivity index (χ2v) is 10.1. The number of hydrogen-bond acceptors (Lipinski definition) is 6. The molecular weight excluding hydrogens is 486 g/mol. The number of rotatable bonds is 4. The molecule has 1 fully saturated rings. The predicted molar refractivity (Wildman–Crippen MR) is 142 cm³/mol. The molecule has 3 aromatic carbocycles. The fourth-order valence-corrected chi connectivity index (χ4v) is 6.34. The van der Waals surface area contributed by atoms with Gasteiger partial charge in [-0.3, -0.25) is 20.0 Å². The van der Waals surface area contributed by atoms with Crippen LogP contribution in [0.15, 0.2) is 94.7 Å². The SMILES string of the molecule is COc1ccc(/C=c2\sc3n(c2=O)N[C@@]2(c4ccccc4)N(C)C(=O)N(C)[C@]2(c2ccccc2)N=3)cc1. The van der Waals surface area contributed by atoms with Crippen LogP contribution in [-0.4, -0.2) is 41.7 Å². The van der Waals surface area contributed by atoms with Gasteiger partial charge in [0.2, 0.25) is 16.1 Å². The van der Waals surface area contributed by atoms with Crippen molar-refractivity contribution in [3.63, 3.8) is 0 Å². The third-order valence-electron chi connectivity index (χ3n) is 7.19. The maximum Gasteiger partial charge on any atom is 0.324 e. The van der Waals surface area contributed by atoms with E-state index in [1.54, 1.807) is 31.0 Å². The Morgan fingerprint density at radius 3 is 2.11 bits per heavy atom. The number of aromatic nitrogens is 1. The standard InChI is InChI=1S/C28H25N5O3S/c1-31-26(35)32(2)28(21-12-8-5-9-13-21)27(31,20-10-6-4-7-11-20)29-25-33(30-28)24(34)23(37-25)18-19-14-16-22(36-3)17-15-19/h4-18,30H,1-3H3/b23-18-/t27-,28-/m0/s1. The van der Waals surface area contributed by atoms with E-state index in [1.807, 2.05) is 91.0 Å². The van der Waals surface area contributed by atoms with Gasteiger partial charge in [0.1, 0.15) is 5.75 Å². The number of nitrogens with one attached hydrogen (secondary N) is 1. The summed E-state index contributed by atoms with van der Waals surface area (Å²) in [6.45, 7) is 0. The number of benzene rings is 3. The molecule has 1 saturated heterocycles. The van der Waals surface area contributed by atoms with Gasteiger partial charge in [0.15, 0.2) is 0 Å². The van der Waals surface area contributed by atoms with Crippen LogP contribution in [0, 0.1) is 0 Å². The number of carbonyl (C=O) groups excluding carboxylic acids is 1. The van der Waals surface area contributed by atoms with E-state index in [2.05, 4.69) is 5.43 Å². The van der Waals surface area contributed by atoms with Gasteiger partial charge in [0.25, 0.3) is 5.56 Å². The first kappa shape index (κ1) is 23.1. The number of carbonyl (C=O) groups is 1. The Balaban J connectivity index is 1.67. The van der Waals surface area contributed by atoms with Crippen molar-refractivity contribution in [3.05, 3.63) is 121 Å². The zero-order valence-electron chi connectivity index (χ0n) is 20.6. The number of hydrogen-bond donors (Lipinski definition) is 1. The lowest BCUT2D eigenvalue weighted by Crippen LogP contribution is -2.67. The first-order valence-corrected chi connectivity index (χ1v) is 12.6. The van der Waals surface area contributed by atoms with E-state index in [9.17, 15) is 9.59 Å². The third kappa shape index (κ3) is 3.10. The maximum atomic E-state index is 13.7. The molecule has 37 heavy (non-hydrogen) atoms. The summed E-state index contributed by atoms with van der Waals surface area (Å²) in [4.78, 5) is 36.3. The highest BCUT2D eigenvalue weighted by molar-refractivity contribution is 7.07. The fourth-order valence-electron chi connectivity index (χ4n) is 5.37. The molecule has 8 nitrogen and oxygen atoms in total. The molecule has 9 heteroatoms. The van der Waals surface area contributed by atoms with E-state index >= 15 is 0 Å². The van der Waals surface area contributed by atoms with Crippen LogP contribution >= 0.6 is 11.3 Å². The number of methoxy groups -OCH3 is 1. The second-order valence-electron chi connectivity index (χ2n) is 9.05. The van der Waals surface area contributed by atoms with E-state index < -0.39 is 11.3 Å². The summed E-state index contributed by atoms with van der Waals surface area (Å²) in [6.07, 6.45) is 1.84. The van der Waals surface area contributed by atoms with E-state index in [1.165, 1.54) is 16.0 Å². The topological polar surface area (TPSA) is 79.2 Å². The van der Waals surface area contributed by atoms with Crippen molar-refractivity contribution in [2.45, 2.75) is 11.3 Å². The molecule has 0 unspecified atom stereocenters. The number of urea groups is 1. The van der Waals surface area contributed by atoms with Crippen LogP contribution in [0.2, 0.25) is 0 Å². The van der Waals surface area contributed by atoms with Crippen LogP contribution in [0.25, 0.3) is 6.08 Å². The minimum atomic E-state index is -1.18. The van der Waals surface area contributed by atoms with Crippen LogP contribution in [0.4, 0.5) is 4.79 Å². The Morgan fingerprint density at radius 1 is 0.865 bits per heavy atom. The lowest BCUT2D eigenvalue weighted by atomic mass is 9.80. The summed E-state index contributed by atoms with van der Waals surface area (Å²) in [6, 6.07) is 26.7. The van der Waals surface area contributed by atoms with Gasteiger partial charge in [0, 0.05) is 25.2 Å². The molecule has 2 aliphatic heterocycles. The summed E-state index contributed by atoms with van der Waals surface area (Å²) in [5.74, 6) is 0.745. The molecule has 1 N–H and O–H groups in total. The van der Waals surface area contributed by atoms with E-state index in [0.29, 0.717) is 9.33 Å². The molecule has 186 valence electrons. The zero-order chi connectivity index (χ0) is 25.8. The summed E-state index contributed by atoms with van der Waals surface area (Å²) in [7, 11) is 5.12. The molecule has 2 amide bonds. The van der Waals surface area contributed by atoms with Crippen LogP contribution in [-0.2, 0) is 11.3 Å². The molecule has 3 heterocycles. The van der Waals surface area contributed by atoms with Crippen molar-refractivity contribution in [2.24, 2.45) is 4.99 Å². The largest absolute Gasteiger partial charge is 0.497 e. The van der Waals surface area contributed by atoms with Gasteiger partial charge in [-0.25, -0.2) is 9.79 Å². The monoisotopic (exact) mass is 511 g/mol. The molecular formula is C28H25N5O3S. The summed E-state index contributed by atoms with van der Waals surface area (Å²) < 4.78 is 7.24. The first-order valence-electron chi connectivity index (χ1n) is 11.8. The Morgan fingerprint density at radius 2 is 1.49 bits per heavy atom.